The average Bonchev–Trinajstić information content (AvgIpc) is 2.90. The van der Waals surface area contributed by atoms with Crippen molar-refractivity contribution >= 4 is 11.6 Å². The quantitative estimate of drug-likeness (QED) is 0.721. The Bertz CT molecular complexity index is 917. The van der Waals surface area contributed by atoms with E-state index >= 15 is 0 Å². The molecule has 3 aromatic rings. The van der Waals surface area contributed by atoms with Crippen LogP contribution in [0.25, 0.3) is 5.69 Å². The van der Waals surface area contributed by atoms with Gasteiger partial charge in [-0.1, -0.05) is 51.1 Å². The lowest BCUT2D eigenvalue weighted by Gasteiger charge is -2.19. The summed E-state index contributed by atoms with van der Waals surface area (Å²) in [6.07, 6.45) is 0. The van der Waals surface area contributed by atoms with E-state index in [2.05, 4.69) is 43.3 Å². The fraction of sp³-hybridized carbons (Fsp3) is 0.273. The Morgan fingerprint density at radius 1 is 0.962 bits per heavy atom. The number of rotatable bonds is 3. The Balaban J connectivity index is 1.86. The van der Waals surface area contributed by atoms with Crippen molar-refractivity contribution in [3.05, 3.63) is 77.1 Å². The van der Waals surface area contributed by atoms with E-state index in [-0.39, 0.29) is 11.3 Å². The van der Waals surface area contributed by atoms with Crippen molar-refractivity contribution in [3.63, 3.8) is 0 Å². The summed E-state index contributed by atoms with van der Waals surface area (Å²) in [7, 11) is 0. The molecule has 0 unspecified atom stereocenters. The number of aryl methyl sites for hydroxylation is 1. The van der Waals surface area contributed by atoms with Gasteiger partial charge in [0.1, 0.15) is 0 Å². The van der Waals surface area contributed by atoms with Gasteiger partial charge in [-0.3, -0.25) is 4.79 Å². The SMILES string of the molecule is Cc1nn(-c2ccccc2)c(C)c1C(=O)Nc1ccc(C(C)(C)C)cc1. The van der Waals surface area contributed by atoms with Gasteiger partial charge in [-0.2, -0.15) is 5.10 Å². The van der Waals surface area contributed by atoms with Crippen LogP contribution in [0.4, 0.5) is 5.69 Å². The second-order valence-corrected chi connectivity index (χ2v) is 7.57. The maximum Gasteiger partial charge on any atom is 0.259 e. The van der Waals surface area contributed by atoms with Crippen LogP contribution in [0.2, 0.25) is 0 Å². The van der Waals surface area contributed by atoms with Crippen LogP contribution in [0.3, 0.4) is 0 Å². The fourth-order valence-electron chi connectivity index (χ4n) is 3.04. The molecule has 1 heterocycles. The molecule has 0 fully saturated rings. The number of hydrogen-bond acceptors (Lipinski definition) is 2. The maximum absolute atomic E-state index is 12.8. The van der Waals surface area contributed by atoms with Crippen molar-refractivity contribution in [1.82, 2.24) is 9.78 Å². The van der Waals surface area contributed by atoms with Gasteiger partial charge in [0.15, 0.2) is 0 Å². The van der Waals surface area contributed by atoms with Crippen LogP contribution in [-0.4, -0.2) is 15.7 Å². The third kappa shape index (κ3) is 3.54. The highest BCUT2D eigenvalue weighted by atomic mass is 16.1. The summed E-state index contributed by atoms with van der Waals surface area (Å²) in [6.45, 7) is 10.3. The van der Waals surface area contributed by atoms with Gasteiger partial charge < -0.3 is 5.32 Å². The smallest absolute Gasteiger partial charge is 0.259 e. The van der Waals surface area contributed by atoms with Crippen molar-refractivity contribution in [2.75, 3.05) is 5.32 Å². The van der Waals surface area contributed by atoms with E-state index in [1.54, 1.807) is 0 Å². The molecule has 3 rings (SSSR count). The van der Waals surface area contributed by atoms with Crippen LogP contribution in [0.5, 0.6) is 0 Å². The second-order valence-electron chi connectivity index (χ2n) is 7.57. The topological polar surface area (TPSA) is 46.9 Å². The Labute approximate surface area is 154 Å². The van der Waals surface area contributed by atoms with E-state index in [4.69, 9.17) is 0 Å². The molecule has 4 heteroatoms. The molecule has 0 radical (unpaired) electrons. The number of benzene rings is 2. The highest BCUT2D eigenvalue weighted by molar-refractivity contribution is 6.05. The van der Waals surface area contributed by atoms with Crippen LogP contribution < -0.4 is 5.32 Å². The summed E-state index contributed by atoms with van der Waals surface area (Å²) >= 11 is 0. The van der Waals surface area contributed by atoms with Gasteiger partial charge in [-0.05, 0) is 49.1 Å². The molecule has 0 saturated carbocycles. The highest BCUT2D eigenvalue weighted by Crippen LogP contribution is 2.24. The third-order valence-corrected chi connectivity index (χ3v) is 4.53. The van der Waals surface area contributed by atoms with Crippen LogP contribution in [0.1, 0.15) is 48.1 Å². The minimum absolute atomic E-state index is 0.0898. The molecule has 2 aromatic carbocycles. The number of nitrogens with one attached hydrogen (secondary N) is 1. The van der Waals surface area contributed by atoms with Crippen molar-refractivity contribution < 1.29 is 4.79 Å². The summed E-state index contributed by atoms with van der Waals surface area (Å²) in [5, 5.41) is 7.54. The normalized spacial score (nSPS) is 11.4. The first-order valence-electron chi connectivity index (χ1n) is 8.81. The van der Waals surface area contributed by atoms with E-state index in [0.29, 0.717) is 5.56 Å². The van der Waals surface area contributed by atoms with Crippen molar-refractivity contribution in [3.8, 4) is 5.69 Å². The van der Waals surface area contributed by atoms with E-state index < -0.39 is 0 Å². The zero-order chi connectivity index (χ0) is 18.9. The molecule has 0 spiro atoms. The molecule has 26 heavy (non-hydrogen) atoms. The number of carbonyl (C=O) groups is 1. The molecule has 0 aliphatic carbocycles. The predicted molar refractivity (Wildman–Crippen MR) is 106 cm³/mol. The van der Waals surface area contributed by atoms with Crippen LogP contribution in [0.15, 0.2) is 54.6 Å². The van der Waals surface area contributed by atoms with Gasteiger partial charge in [0, 0.05) is 5.69 Å². The molecule has 0 saturated heterocycles. The van der Waals surface area contributed by atoms with Gasteiger partial charge in [-0.25, -0.2) is 4.68 Å². The van der Waals surface area contributed by atoms with Gasteiger partial charge in [0.05, 0.1) is 22.6 Å². The minimum atomic E-state index is -0.134. The van der Waals surface area contributed by atoms with Gasteiger partial charge in [-0.15, -0.1) is 0 Å². The standard InChI is InChI=1S/C22H25N3O/c1-15-20(16(2)25(24-15)19-9-7-6-8-10-19)21(26)23-18-13-11-17(12-14-18)22(3,4)5/h6-14H,1-5H3,(H,23,26). The molecule has 134 valence electrons. The summed E-state index contributed by atoms with van der Waals surface area (Å²) in [4.78, 5) is 12.8. The van der Waals surface area contributed by atoms with E-state index in [1.165, 1.54) is 5.56 Å². The van der Waals surface area contributed by atoms with Crippen LogP contribution in [-0.2, 0) is 5.41 Å². The van der Waals surface area contributed by atoms with Gasteiger partial charge in [0.2, 0.25) is 0 Å². The number of para-hydroxylation sites is 1. The molecular formula is C22H25N3O. The summed E-state index contributed by atoms with van der Waals surface area (Å²) < 4.78 is 1.81. The van der Waals surface area contributed by atoms with Crippen molar-refractivity contribution in [1.29, 1.82) is 0 Å². The van der Waals surface area contributed by atoms with Gasteiger partial charge >= 0.3 is 0 Å². The van der Waals surface area contributed by atoms with Crippen LogP contribution in [0, 0.1) is 13.8 Å². The zero-order valence-electron chi connectivity index (χ0n) is 16.0. The molecular weight excluding hydrogens is 322 g/mol. The number of hydrogen-bond donors (Lipinski definition) is 1. The fourth-order valence-corrected chi connectivity index (χ4v) is 3.04. The number of anilines is 1. The number of nitrogens with zero attached hydrogens (tertiary/aromatic N) is 2. The average molecular weight is 347 g/mol. The van der Waals surface area contributed by atoms with Gasteiger partial charge in [0.25, 0.3) is 5.91 Å². The largest absolute Gasteiger partial charge is 0.322 e. The Kier molecular flexibility index (Phi) is 4.68. The lowest BCUT2D eigenvalue weighted by atomic mass is 9.87. The highest BCUT2D eigenvalue weighted by Gasteiger charge is 2.20. The van der Waals surface area contributed by atoms with E-state index in [0.717, 1.165) is 22.8 Å². The molecule has 0 bridgehead atoms. The Morgan fingerprint density at radius 2 is 1.58 bits per heavy atom. The predicted octanol–water partition coefficient (Wildman–Crippen LogP) is 5.04. The Hall–Kier alpha value is -2.88. The zero-order valence-corrected chi connectivity index (χ0v) is 16.0. The van der Waals surface area contributed by atoms with E-state index in [1.807, 2.05) is 61.0 Å². The maximum atomic E-state index is 12.8. The number of carbonyl (C=O) groups excluding carboxylic acids is 1. The number of amides is 1. The first-order chi connectivity index (χ1) is 12.3. The molecule has 0 aliphatic heterocycles. The Morgan fingerprint density at radius 3 is 2.15 bits per heavy atom. The molecule has 0 atom stereocenters. The van der Waals surface area contributed by atoms with E-state index in [9.17, 15) is 4.79 Å². The molecule has 1 amide bonds. The second kappa shape index (κ2) is 6.79. The minimum Gasteiger partial charge on any atom is -0.322 e. The monoisotopic (exact) mass is 347 g/mol. The summed E-state index contributed by atoms with van der Waals surface area (Å²) in [5.74, 6) is -0.134. The molecule has 0 aliphatic rings. The lowest BCUT2D eigenvalue weighted by Crippen LogP contribution is -2.15. The van der Waals surface area contributed by atoms with Crippen molar-refractivity contribution in [2.24, 2.45) is 0 Å². The first kappa shape index (κ1) is 17.9. The number of aromatic nitrogens is 2. The first-order valence-corrected chi connectivity index (χ1v) is 8.81. The molecule has 4 nitrogen and oxygen atoms in total. The third-order valence-electron chi connectivity index (χ3n) is 4.53. The molecule has 1 N–H and O–H groups in total. The van der Waals surface area contributed by atoms with Crippen LogP contribution >= 0.6 is 0 Å². The summed E-state index contributed by atoms with van der Waals surface area (Å²) in [6, 6.07) is 17.9. The molecule has 1 aromatic heterocycles. The van der Waals surface area contributed by atoms with Crippen molar-refractivity contribution in [2.45, 2.75) is 40.0 Å². The summed E-state index contributed by atoms with van der Waals surface area (Å²) in [5.41, 5.74) is 5.23. The lowest BCUT2D eigenvalue weighted by molar-refractivity contribution is 0.102.